The number of piperidine rings is 1. The summed E-state index contributed by atoms with van der Waals surface area (Å²) in [6.45, 7) is 1.10. The molecule has 1 N–H and O–H groups in total. The molecule has 4 aromatic rings. The molecule has 5 heteroatoms. The first-order valence-electron chi connectivity index (χ1n) is 14.2. The summed E-state index contributed by atoms with van der Waals surface area (Å²) in [5.41, 5.74) is 9.87. The zero-order valence-electron chi connectivity index (χ0n) is 22.3. The molecule has 40 heavy (non-hydrogen) atoms. The van der Waals surface area contributed by atoms with Crippen LogP contribution in [0.25, 0.3) is 22.3 Å². The highest BCUT2D eigenvalue weighted by atomic mass is 16.6. The number of benzene rings is 4. The summed E-state index contributed by atoms with van der Waals surface area (Å²) in [4.78, 5) is 15.4. The Morgan fingerprint density at radius 3 is 2.10 bits per heavy atom. The van der Waals surface area contributed by atoms with Crippen LogP contribution in [-0.4, -0.2) is 48.0 Å². The molecular weight excluding hydrogens is 498 g/mol. The molecule has 2 aliphatic heterocycles. The van der Waals surface area contributed by atoms with Gasteiger partial charge in [0.05, 0.1) is 30.9 Å². The molecule has 2 heterocycles. The number of hydrogen-bond acceptors (Lipinski definition) is 4. The van der Waals surface area contributed by atoms with Gasteiger partial charge in [-0.25, -0.2) is 4.79 Å². The Morgan fingerprint density at radius 2 is 1.40 bits per heavy atom. The molecule has 2 unspecified atom stereocenters. The molecule has 8 rings (SSSR count). The van der Waals surface area contributed by atoms with Crippen molar-refractivity contribution in [3.05, 3.63) is 119 Å². The Morgan fingerprint density at radius 1 is 0.800 bits per heavy atom. The molecule has 1 amide bonds. The number of morpholine rings is 1. The monoisotopic (exact) mass is 529 g/mol. The summed E-state index contributed by atoms with van der Waals surface area (Å²) in [6.07, 6.45) is 1.43. The Hall–Kier alpha value is -3.93. The minimum Gasteiger partial charge on any atom is -0.448 e. The van der Waals surface area contributed by atoms with E-state index in [9.17, 15) is 9.90 Å². The molecule has 2 bridgehead atoms. The number of ether oxygens (including phenoxy) is 2. The molecule has 200 valence electrons. The second-order valence-electron chi connectivity index (χ2n) is 11.7. The first-order valence-corrected chi connectivity index (χ1v) is 14.2. The molecule has 2 saturated heterocycles. The SMILES string of the molecule is O=C(OCC1c2ccccc2-c2ccccc21)N1C2COCC1CC(O)(c1ccc3c(c1)Cc1ccccc1-3)C2. The lowest BCUT2D eigenvalue weighted by Crippen LogP contribution is -2.62. The molecule has 5 nitrogen and oxygen atoms in total. The topological polar surface area (TPSA) is 59.0 Å². The molecule has 2 fully saturated rings. The van der Waals surface area contributed by atoms with Crippen molar-refractivity contribution >= 4 is 6.09 Å². The maximum absolute atomic E-state index is 13.6. The van der Waals surface area contributed by atoms with Gasteiger partial charge in [0.25, 0.3) is 0 Å². The molecule has 0 saturated carbocycles. The zero-order valence-corrected chi connectivity index (χ0v) is 22.3. The lowest BCUT2D eigenvalue weighted by Gasteiger charge is -2.51. The standard InChI is InChI=1S/C35H31NO4/c37-34(40-21-33-31-11-5-3-9-29(31)30-10-4-6-12-32(30)33)36-25-17-35(38,18-26(36)20-39-19-25)24-13-14-28-23(16-24)15-22-7-1-2-8-27(22)28/h1-14,16,25-26,33,38H,15,17-21H2. The average molecular weight is 530 g/mol. The van der Waals surface area contributed by atoms with E-state index < -0.39 is 5.60 Å². The van der Waals surface area contributed by atoms with E-state index in [2.05, 4.69) is 78.9 Å². The number of hydrogen-bond donors (Lipinski definition) is 1. The van der Waals surface area contributed by atoms with E-state index in [0.717, 1.165) is 12.0 Å². The summed E-state index contributed by atoms with van der Waals surface area (Å²) in [5.74, 6) is 0.0182. The predicted molar refractivity (Wildman–Crippen MR) is 153 cm³/mol. The molecule has 4 aromatic carbocycles. The van der Waals surface area contributed by atoms with Gasteiger partial charge < -0.3 is 14.6 Å². The third kappa shape index (κ3) is 3.65. The largest absolute Gasteiger partial charge is 0.448 e. The van der Waals surface area contributed by atoms with Crippen molar-refractivity contribution in [1.82, 2.24) is 4.90 Å². The van der Waals surface area contributed by atoms with Crippen LogP contribution >= 0.6 is 0 Å². The molecule has 0 aromatic heterocycles. The second-order valence-corrected chi connectivity index (χ2v) is 11.7. The van der Waals surface area contributed by atoms with Crippen LogP contribution in [0, 0.1) is 0 Å². The van der Waals surface area contributed by atoms with Crippen LogP contribution < -0.4 is 0 Å². The maximum atomic E-state index is 13.6. The number of carbonyl (C=O) groups excluding carboxylic acids is 1. The fourth-order valence-corrected chi connectivity index (χ4v) is 7.61. The van der Waals surface area contributed by atoms with Gasteiger partial charge in [-0.2, -0.15) is 0 Å². The van der Waals surface area contributed by atoms with Gasteiger partial charge in [0.15, 0.2) is 0 Å². The number of aliphatic hydroxyl groups is 1. The summed E-state index contributed by atoms with van der Waals surface area (Å²) in [7, 11) is 0. The van der Waals surface area contributed by atoms with E-state index >= 15 is 0 Å². The predicted octanol–water partition coefficient (Wildman–Crippen LogP) is 6.26. The van der Waals surface area contributed by atoms with Crippen molar-refractivity contribution in [3.63, 3.8) is 0 Å². The molecule has 2 aliphatic carbocycles. The number of rotatable bonds is 3. The van der Waals surface area contributed by atoms with Gasteiger partial charge in [0, 0.05) is 18.8 Å². The normalized spacial score (nSPS) is 24.2. The van der Waals surface area contributed by atoms with E-state index in [-0.39, 0.29) is 24.1 Å². The van der Waals surface area contributed by atoms with E-state index in [1.165, 1.54) is 44.5 Å². The third-order valence-electron chi connectivity index (χ3n) is 9.43. The lowest BCUT2D eigenvalue weighted by molar-refractivity contribution is -0.136. The van der Waals surface area contributed by atoms with E-state index in [1.54, 1.807) is 0 Å². The number of carbonyl (C=O) groups is 1. The van der Waals surface area contributed by atoms with Gasteiger partial charge in [-0.15, -0.1) is 0 Å². The summed E-state index contributed by atoms with van der Waals surface area (Å²) < 4.78 is 11.9. The van der Waals surface area contributed by atoms with Crippen LogP contribution in [0.4, 0.5) is 4.79 Å². The quantitative estimate of drug-likeness (QED) is 0.300. The van der Waals surface area contributed by atoms with Crippen LogP contribution in [0.3, 0.4) is 0 Å². The molecule has 0 radical (unpaired) electrons. The minimum absolute atomic E-state index is 0.0182. The van der Waals surface area contributed by atoms with Gasteiger partial charge >= 0.3 is 6.09 Å². The van der Waals surface area contributed by atoms with Crippen molar-refractivity contribution in [2.45, 2.75) is 42.9 Å². The van der Waals surface area contributed by atoms with Gasteiger partial charge in [0.2, 0.25) is 0 Å². The van der Waals surface area contributed by atoms with Crippen LogP contribution in [0.2, 0.25) is 0 Å². The van der Waals surface area contributed by atoms with E-state index in [4.69, 9.17) is 9.47 Å². The van der Waals surface area contributed by atoms with E-state index in [1.807, 2.05) is 17.0 Å². The summed E-state index contributed by atoms with van der Waals surface area (Å²) in [5, 5.41) is 12.0. The molecule has 2 atom stereocenters. The first-order chi connectivity index (χ1) is 19.6. The Labute approximate surface area is 234 Å². The van der Waals surface area contributed by atoms with Gasteiger partial charge in [-0.05, 0) is 56.5 Å². The molecular formula is C35H31NO4. The van der Waals surface area contributed by atoms with Crippen molar-refractivity contribution in [2.75, 3.05) is 19.8 Å². The Bertz CT molecular complexity index is 1580. The van der Waals surface area contributed by atoms with Crippen molar-refractivity contribution in [2.24, 2.45) is 0 Å². The number of nitrogens with zero attached hydrogens (tertiary/aromatic N) is 1. The highest BCUT2D eigenvalue weighted by Gasteiger charge is 2.49. The molecule has 4 aliphatic rings. The summed E-state index contributed by atoms with van der Waals surface area (Å²) in [6, 6.07) is 31.2. The third-order valence-corrected chi connectivity index (χ3v) is 9.43. The van der Waals surface area contributed by atoms with Crippen molar-refractivity contribution in [3.8, 4) is 22.3 Å². The maximum Gasteiger partial charge on any atom is 0.410 e. The van der Waals surface area contributed by atoms with Gasteiger partial charge in [-0.1, -0.05) is 91.0 Å². The van der Waals surface area contributed by atoms with Crippen LogP contribution in [0.5, 0.6) is 0 Å². The smallest absolute Gasteiger partial charge is 0.410 e. The zero-order chi connectivity index (χ0) is 26.8. The minimum atomic E-state index is -1.01. The van der Waals surface area contributed by atoms with E-state index in [0.29, 0.717) is 32.7 Å². The van der Waals surface area contributed by atoms with Crippen LogP contribution in [-0.2, 0) is 21.5 Å². The number of amides is 1. The van der Waals surface area contributed by atoms with Gasteiger partial charge in [-0.3, -0.25) is 4.90 Å². The average Bonchev–Trinajstić information content (AvgIpc) is 3.51. The fraction of sp³-hybridized carbons (Fsp3) is 0.286. The molecule has 0 spiro atoms. The van der Waals surface area contributed by atoms with Crippen molar-refractivity contribution in [1.29, 1.82) is 0 Å². The van der Waals surface area contributed by atoms with Crippen molar-refractivity contribution < 1.29 is 19.4 Å². The Balaban J connectivity index is 1.01. The highest BCUT2D eigenvalue weighted by molar-refractivity contribution is 5.79. The highest BCUT2D eigenvalue weighted by Crippen LogP contribution is 2.46. The van der Waals surface area contributed by atoms with Crippen LogP contribution in [0.15, 0.2) is 91.0 Å². The van der Waals surface area contributed by atoms with Crippen LogP contribution in [0.1, 0.15) is 46.6 Å². The summed E-state index contributed by atoms with van der Waals surface area (Å²) >= 11 is 0. The first kappa shape index (κ1) is 23.9. The fourth-order valence-electron chi connectivity index (χ4n) is 7.61. The Kier molecular flexibility index (Phi) is 5.41. The van der Waals surface area contributed by atoms with Gasteiger partial charge in [0.1, 0.15) is 6.61 Å². The number of fused-ring (bicyclic) bond motifs is 8. The lowest BCUT2D eigenvalue weighted by atomic mass is 9.76. The second kappa shape index (κ2) is 9.05.